The summed E-state index contributed by atoms with van der Waals surface area (Å²) in [5, 5.41) is 9.90. The molecule has 9 nitrogen and oxygen atoms in total. The van der Waals surface area contributed by atoms with Crippen molar-refractivity contribution in [1.82, 2.24) is 19.7 Å². The number of aromatic nitrogens is 1. The number of pyridine rings is 1. The van der Waals surface area contributed by atoms with Gasteiger partial charge in [-0.1, -0.05) is 0 Å². The normalized spacial score (nSPS) is 21.1. The number of H-pyrrole nitrogens is 1. The van der Waals surface area contributed by atoms with Crippen LogP contribution in [0.3, 0.4) is 0 Å². The van der Waals surface area contributed by atoms with Gasteiger partial charge in [0.25, 0.3) is 11.5 Å². The summed E-state index contributed by atoms with van der Waals surface area (Å²) in [4.78, 5) is 44.0. The summed E-state index contributed by atoms with van der Waals surface area (Å²) in [6, 6.07) is 1.24. The van der Waals surface area contributed by atoms with E-state index in [-0.39, 0.29) is 29.4 Å². The summed E-state index contributed by atoms with van der Waals surface area (Å²) < 4.78 is 5.05. The molecule has 2 amide bonds. The molecule has 27 heavy (non-hydrogen) atoms. The third-order valence-corrected chi connectivity index (χ3v) is 5.17. The average Bonchev–Trinajstić information content (AvgIpc) is 2.68. The molecule has 2 aliphatic heterocycles. The minimum Gasteiger partial charge on any atom is -0.507 e. The third-order valence-electron chi connectivity index (χ3n) is 5.17. The lowest BCUT2D eigenvalue weighted by Gasteiger charge is -2.43. The number of nitrogens with one attached hydrogen (secondary N) is 1. The van der Waals surface area contributed by atoms with Gasteiger partial charge >= 0.3 is 6.09 Å². The van der Waals surface area contributed by atoms with Crippen molar-refractivity contribution in [3.05, 3.63) is 28.2 Å². The lowest BCUT2D eigenvalue weighted by atomic mass is 10.0. The maximum atomic E-state index is 12.7. The molecular formula is C18H26N4O5. The number of aromatic hydroxyl groups is 1. The second-order valence-electron chi connectivity index (χ2n) is 6.87. The van der Waals surface area contributed by atoms with E-state index in [0.29, 0.717) is 32.8 Å². The summed E-state index contributed by atoms with van der Waals surface area (Å²) in [7, 11) is 0. The quantitative estimate of drug-likeness (QED) is 0.792. The van der Waals surface area contributed by atoms with Gasteiger partial charge in [0.1, 0.15) is 5.75 Å². The highest BCUT2D eigenvalue weighted by Gasteiger charge is 2.32. The zero-order valence-electron chi connectivity index (χ0n) is 15.5. The highest BCUT2D eigenvalue weighted by atomic mass is 16.6. The Labute approximate surface area is 157 Å². The fraction of sp³-hybridized carbons (Fsp3) is 0.611. The van der Waals surface area contributed by atoms with Crippen LogP contribution in [0.25, 0.3) is 0 Å². The highest BCUT2D eigenvalue weighted by molar-refractivity contribution is 5.96. The number of piperazine rings is 1. The summed E-state index contributed by atoms with van der Waals surface area (Å²) in [6.45, 7) is 6.07. The number of likely N-dealkylation sites (tertiary alicyclic amines) is 1. The molecule has 3 heterocycles. The van der Waals surface area contributed by atoms with E-state index in [1.54, 1.807) is 16.7 Å². The number of carbonyl (C=O) groups is 2. The molecule has 2 fully saturated rings. The Morgan fingerprint density at radius 3 is 2.63 bits per heavy atom. The Hall–Kier alpha value is -2.55. The SMILES string of the molecule is CCOC(=O)N1CCN(C2CCCN(C(=O)c3c[nH]c(=O)cc3O)C2)CC1. The van der Waals surface area contributed by atoms with Crippen LogP contribution in [0.4, 0.5) is 4.79 Å². The monoisotopic (exact) mass is 378 g/mol. The van der Waals surface area contributed by atoms with Crippen LogP contribution in [0.1, 0.15) is 30.1 Å². The number of hydrogen-bond acceptors (Lipinski definition) is 6. The van der Waals surface area contributed by atoms with Gasteiger partial charge in [0.2, 0.25) is 0 Å². The van der Waals surface area contributed by atoms with E-state index in [4.69, 9.17) is 4.74 Å². The minimum atomic E-state index is -0.444. The molecule has 1 atom stereocenters. The number of carbonyl (C=O) groups excluding carboxylic acids is 2. The zero-order chi connectivity index (χ0) is 19.4. The number of aromatic amines is 1. The smallest absolute Gasteiger partial charge is 0.409 e. The largest absolute Gasteiger partial charge is 0.507 e. The molecule has 0 spiro atoms. The number of nitrogens with zero attached hydrogens (tertiary/aromatic N) is 3. The fourth-order valence-corrected chi connectivity index (χ4v) is 3.72. The van der Waals surface area contributed by atoms with Crippen LogP contribution in [0, 0.1) is 0 Å². The molecule has 1 aromatic heterocycles. The van der Waals surface area contributed by atoms with E-state index in [9.17, 15) is 19.5 Å². The first-order chi connectivity index (χ1) is 13.0. The van der Waals surface area contributed by atoms with Crippen LogP contribution in [-0.4, -0.2) is 88.7 Å². The lowest BCUT2D eigenvalue weighted by molar-refractivity contribution is 0.0376. The molecule has 0 aliphatic carbocycles. The van der Waals surface area contributed by atoms with Gasteiger partial charge in [-0.05, 0) is 19.8 Å². The Kier molecular flexibility index (Phi) is 6.00. The molecule has 1 aromatic rings. The molecular weight excluding hydrogens is 352 g/mol. The van der Waals surface area contributed by atoms with E-state index in [1.807, 2.05) is 0 Å². The van der Waals surface area contributed by atoms with Gasteiger partial charge in [-0.2, -0.15) is 0 Å². The van der Waals surface area contributed by atoms with Crippen molar-refractivity contribution >= 4 is 12.0 Å². The van der Waals surface area contributed by atoms with Crippen molar-refractivity contribution in [1.29, 1.82) is 0 Å². The molecule has 1 unspecified atom stereocenters. The van der Waals surface area contributed by atoms with Gasteiger partial charge in [-0.25, -0.2) is 4.79 Å². The minimum absolute atomic E-state index is 0.113. The van der Waals surface area contributed by atoms with Gasteiger partial charge in [0, 0.05) is 57.6 Å². The number of piperidine rings is 1. The second-order valence-corrected chi connectivity index (χ2v) is 6.87. The van der Waals surface area contributed by atoms with Crippen LogP contribution in [0.2, 0.25) is 0 Å². The predicted octanol–water partition coefficient (Wildman–Crippen LogP) is 0.459. The topological polar surface area (TPSA) is 106 Å². The van der Waals surface area contributed by atoms with E-state index >= 15 is 0 Å². The molecule has 2 aliphatic rings. The maximum absolute atomic E-state index is 12.7. The van der Waals surface area contributed by atoms with Gasteiger partial charge < -0.3 is 24.6 Å². The first-order valence-electron chi connectivity index (χ1n) is 9.36. The zero-order valence-corrected chi connectivity index (χ0v) is 15.5. The Balaban J connectivity index is 1.59. The molecule has 2 saturated heterocycles. The van der Waals surface area contributed by atoms with Crippen molar-refractivity contribution in [3.63, 3.8) is 0 Å². The maximum Gasteiger partial charge on any atom is 0.409 e. The fourth-order valence-electron chi connectivity index (χ4n) is 3.72. The second kappa shape index (κ2) is 8.43. The number of amides is 2. The van der Waals surface area contributed by atoms with Crippen molar-refractivity contribution in [2.75, 3.05) is 45.9 Å². The third kappa shape index (κ3) is 4.41. The Bertz CT molecular complexity index is 742. The van der Waals surface area contributed by atoms with Crippen molar-refractivity contribution in [2.45, 2.75) is 25.8 Å². The highest BCUT2D eigenvalue weighted by Crippen LogP contribution is 2.22. The molecule has 0 aromatic carbocycles. The molecule has 0 bridgehead atoms. The first-order valence-corrected chi connectivity index (χ1v) is 9.36. The standard InChI is InChI=1S/C18H26N4O5/c1-2-27-18(26)21-8-6-20(7-9-21)13-4-3-5-22(12-13)17(25)14-11-19-16(24)10-15(14)23/h10-11,13H,2-9,12H2,1H3,(H2,19,23,24). The van der Waals surface area contributed by atoms with Crippen LogP contribution >= 0.6 is 0 Å². The number of ether oxygens (including phenoxy) is 1. The van der Waals surface area contributed by atoms with Gasteiger partial charge in [-0.15, -0.1) is 0 Å². The van der Waals surface area contributed by atoms with E-state index in [0.717, 1.165) is 32.0 Å². The van der Waals surface area contributed by atoms with E-state index < -0.39 is 5.56 Å². The Morgan fingerprint density at radius 2 is 1.96 bits per heavy atom. The Morgan fingerprint density at radius 1 is 1.22 bits per heavy atom. The van der Waals surface area contributed by atoms with Crippen LogP contribution in [0.5, 0.6) is 5.75 Å². The van der Waals surface area contributed by atoms with Crippen LogP contribution < -0.4 is 5.56 Å². The van der Waals surface area contributed by atoms with Gasteiger partial charge in [0.15, 0.2) is 0 Å². The molecule has 0 saturated carbocycles. The van der Waals surface area contributed by atoms with Crippen LogP contribution in [-0.2, 0) is 4.74 Å². The molecule has 0 radical (unpaired) electrons. The summed E-state index contributed by atoms with van der Waals surface area (Å²) in [5.74, 6) is -0.576. The van der Waals surface area contributed by atoms with Gasteiger partial charge in [0.05, 0.1) is 12.2 Å². The predicted molar refractivity (Wildman–Crippen MR) is 97.8 cm³/mol. The summed E-state index contributed by atoms with van der Waals surface area (Å²) in [5.41, 5.74) is -0.331. The lowest BCUT2D eigenvalue weighted by Crippen LogP contribution is -2.56. The first kappa shape index (κ1) is 19.2. The number of rotatable bonds is 3. The van der Waals surface area contributed by atoms with Crippen LogP contribution in [0.15, 0.2) is 17.1 Å². The molecule has 148 valence electrons. The summed E-state index contributed by atoms with van der Waals surface area (Å²) in [6.07, 6.45) is 2.85. The summed E-state index contributed by atoms with van der Waals surface area (Å²) >= 11 is 0. The van der Waals surface area contributed by atoms with Crippen molar-refractivity contribution in [2.24, 2.45) is 0 Å². The average molecular weight is 378 g/mol. The van der Waals surface area contributed by atoms with Crippen molar-refractivity contribution in [3.8, 4) is 5.75 Å². The molecule has 9 heteroatoms. The van der Waals surface area contributed by atoms with Crippen molar-refractivity contribution < 1.29 is 19.4 Å². The molecule has 2 N–H and O–H groups in total. The number of hydrogen-bond donors (Lipinski definition) is 2. The van der Waals surface area contributed by atoms with Gasteiger partial charge in [-0.3, -0.25) is 14.5 Å². The van der Waals surface area contributed by atoms with E-state index in [1.165, 1.54) is 6.20 Å². The van der Waals surface area contributed by atoms with E-state index in [2.05, 4.69) is 9.88 Å². The molecule has 3 rings (SSSR count).